The fraction of sp³-hybridized carbons (Fsp3) is 0.467. The highest BCUT2D eigenvalue weighted by molar-refractivity contribution is 5.89. The van der Waals surface area contributed by atoms with Gasteiger partial charge in [0.25, 0.3) is 0 Å². The Labute approximate surface area is 119 Å². The van der Waals surface area contributed by atoms with E-state index in [4.69, 9.17) is 5.26 Å². The molecule has 1 fully saturated rings. The molecule has 1 N–H and O–H groups in total. The second-order valence-electron chi connectivity index (χ2n) is 5.33. The fourth-order valence-electron chi connectivity index (χ4n) is 2.43. The fourth-order valence-corrected chi connectivity index (χ4v) is 2.43. The van der Waals surface area contributed by atoms with Gasteiger partial charge in [-0.25, -0.2) is 4.79 Å². The van der Waals surface area contributed by atoms with Crippen LogP contribution < -0.4 is 5.32 Å². The number of nitrogens with one attached hydrogen (secondary N) is 1. The van der Waals surface area contributed by atoms with Gasteiger partial charge in [-0.15, -0.1) is 0 Å². The van der Waals surface area contributed by atoms with Crippen LogP contribution in [0.5, 0.6) is 0 Å². The highest BCUT2D eigenvalue weighted by Gasteiger charge is 2.24. The second kappa shape index (κ2) is 6.40. The second-order valence-corrected chi connectivity index (χ2v) is 5.33. The van der Waals surface area contributed by atoms with Gasteiger partial charge in [0.15, 0.2) is 0 Å². The minimum Gasteiger partial charge on any atom is -0.323 e. The Morgan fingerprint density at radius 3 is 3.00 bits per heavy atom. The molecule has 1 atom stereocenters. The Balaban J connectivity index is 1.99. The average molecular weight is 272 g/mol. The number of nitriles is 1. The average Bonchev–Trinajstić information content (AvgIpc) is 2.47. The van der Waals surface area contributed by atoms with Crippen molar-refractivity contribution in [3.63, 3.8) is 0 Å². The molecule has 0 unspecified atom stereocenters. The summed E-state index contributed by atoms with van der Waals surface area (Å²) in [4.78, 5) is 16.3. The third-order valence-electron chi connectivity index (χ3n) is 3.66. The van der Waals surface area contributed by atoms with Crippen LogP contribution >= 0.6 is 0 Å². The van der Waals surface area contributed by atoms with Gasteiger partial charge in [0.2, 0.25) is 0 Å². The molecule has 1 heterocycles. The summed E-state index contributed by atoms with van der Waals surface area (Å²) in [7, 11) is 4.09. The van der Waals surface area contributed by atoms with Gasteiger partial charge in [-0.2, -0.15) is 5.26 Å². The number of likely N-dealkylation sites (tertiary alicyclic amines) is 1. The van der Waals surface area contributed by atoms with Crippen LogP contribution in [0.4, 0.5) is 10.5 Å². The van der Waals surface area contributed by atoms with Crippen molar-refractivity contribution in [1.29, 1.82) is 5.26 Å². The Bertz CT molecular complexity index is 521. The SMILES string of the molecule is CN(C)[C@H]1CCCN(C(=O)Nc2cccc(C#N)c2)C1. The molecule has 0 bridgehead atoms. The number of piperidine rings is 1. The third-order valence-corrected chi connectivity index (χ3v) is 3.66. The summed E-state index contributed by atoms with van der Waals surface area (Å²) in [6.07, 6.45) is 2.15. The molecule has 5 nitrogen and oxygen atoms in total. The van der Waals surface area contributed by atoms with Crippen LogP contribution in [-0.2, 0) is 0 Å². The molecule has 20 heavy (non-hydrogen) atoms. The van der Waals surface area contributed by atoms with E-state index in [1.807, 2.05) is 19.0 Å². The van der Waals surface area contributed by atoms with Crippen molar-refractivity contribution in [2.75, 3.05) is 32.5 Å². The first-order valence-corrected chi connectivity index (χ1v) is 6.82. The number of likely N-dealkylation sites (N-methyl/N-ethyl adjacent to an activating group) is 1. The van der Waals surface area contributed by atoms with Gasteiger partial charge in [0.1, 0.15) is 0 Å². The van der Waals surface area contributed by atoms with E-state index in [-0.39, 0.29) is 6.03 Å². The lowest BCUT2D eigenvalue weighted by Gasteiger charge is -2.36. The maximum absolute atomic E-state index is 12.2. The van der Waals surface area contributed by atoms with Crippen LogP contribution in [0.2, 0.25) is 0 Å². The van der Waals surface area contributed by atoms with E-state index < -0.39 is 0 Å². The molecule has 2 amide bonds. The van der Waals surface area contributed by atoms with Crippen molar-refractivity contribution in [1.82, 2.24) is 9.80 Å². The molecule has 1 aliphatic heterocycles. The number of carbonyl (C=O) groups is 1. The lowest BCUT2D eigenvalue weighted by molar-refractivity contribution is 0.148. The van der Waals surface area contributed by atoms with Gasteiger partial charge in [-0.3, -0.25) is 0 Å². The molecule has 1 aromatic carbocycles. The molecule has 2 rings (SSSR count). The predicted molar refractivity (Wildman–Crippen MR) is 78.5 cm³/mol. The first-order chi connectivity index (χ1) is 9.60. The lowest BCUT2D eigenvalue weighted by atomic mass is 10.1. The summed E-state index contributed by atoms with van der Waals surface area (Å²) in [5, 5.41) is 11.7. The Hall–Kier alpha value is -2.06. The number of benzene rings is 1. The zero-order valence-electron chi connectivity index (χ0n) is 12.0. The summed E-state index contributed by atoms with van der Waals surface area (Å²) in [6, 6.07) is 9.37. The number of anilines is 1. The molecule has 0 spiro atoms. The summed E-state index contributed by atoms with van der Waals surface area (Å²) < 4.78 is 0. The number of urea groups is 1. The minimum absolute atomic E-state index is 0.0911. The predicted octanol–water partition coefficient (Wildman–Crippen LogP) is 2.12. The Kier molecular flexibility index (Phi) is 4.59. The zero-order chi connectivity index (χ0) is 14.5. The van der Waals surface area contributed by atoms with E-state index in [2.05, 4.69) is 16.3 Å². The van der Waals surface area contributed by atoms with Crippen molar-refractivity contribution in [2.24, 2.45) is 0 Å². The zero-order valence-corrected chi connectivity index (χ0v) is 12.0. The molecule has 0 saturated carbocycles. The van der Waals surface area contributed by atoms with Gasteiger partial charge >= 0.3 is 6.03 Å². The molecule has 0 aliphatic carbocycles. The third kappa shape index (κ3) is 3.49. The topological polar surface area (TPSA) is 59.4 Å². The summed E-state index contributed by atoms with van der Waals surface area (Å²) in [5.74, 6) is 0. The number of hydrogen-bond donors (Lipinski definition) is 1. The molecule has 0 aromatic heterocycles. The molecular weight excluding hydrogens is 252 g/mol. The first kappa shape index (κ1) is 14.4. The largest absolute Gasteiger partial charge is 0.323 e. The summed E-state index contributed by atoms with van der Waals surface area (Å²) in [5.41, 5.74) is 1.22. The maximum Gasteiger partial charge on any atom is 0.321 e. The van der Waals surface area contributed by atoms with Gasteiger partial charge in [0, 0.05) is 24.8 Å². The monoisotopic (exact) mass is 272 g/mol. The van der Waals surface area contributed by atoms with E-state index in [1.54, 1.807) is 24.3 Å². The van der Waals surface area contributed by atoms with Crippen molar-refractivity contribution in [2.45, 2.75) is 18.9 Å². The van der Waals surface area contributed by atoms with E-state index in [0.29, 0.717) is 17.3 Å². The summed E-state index contributed by atoms with van der Waals surface area (Å²) in [6.45, 7) is 1.53. The van der Waals surface area contributed by atoms with Gasteiger partial charge < -0.3 is 15.1 Å². The van der Waals surface area contributed by atoms with Crippen LogP contribution in [0.3, 0.4) is 0 Å². The van der Waals surface area contributed by atoms with Gasteiger partial charge in [-0.05, 0) is 45.1 Å². The molecule has 1 saturated heterocycles. The highest BCUT2D eigenvalue weighted by Crippen LogP contribution is 2.16. The van der Waals surface area contributed by atoms with Crippen molar-refractivity contribution < 1.29 is 4.79 Å². The van der Waals surface area contributed by atoms with Crippen LogP contribution in [0.25, 0.3) is 0 Å². The quantitative estimate of drug-likeness (QED) is 0.897. The van der Waals surface area contributed by atoms with E-state index in [0.717, 1.165) is 25.9 Å². The molecule has 0 radical (unpaired) electrons. The van der Waals surface area contributed by atoms with E-state index in [1.165, 1.54) is 0 Å². The number of rotatable bonds is 2. The number of amides is 2. The Morgan fingerprint density at radius 2 is 2.30 bits per heavy atom. The Morgan fingerprint density at radius 1 is 1.50 bits per heavy atom. The molecule has 106 valence electrons. The standard InChI is InChI=1S/C15H20N4O/c1-18(2)14-7-4-8-19(11-14)15(20)17-13-6-3-5-12(9-13)10-16/h3,5-6,9,14H,4,7-8,11H2,1-2H3,(H,17,20)/t14-/m0/s1. The molecule has 1 aromatic rings. The van der Waals surface area contributed by atoms with Crippen LogP contribution in [-0.4, -0.2) is 49.1 Å². The molecule has 1 aliphatic rings. The van der Waals surface area contributed by atoms with Crippen molar-refractivity contribution >= 4 is 11.7 Å². The van der Waals surface area contributed by atoms with Gasteiger partial charge in [0.05, 0.1) is 11.6 Å². The van der Waals surface area contributed by atoms with E-state index >= 15 is 0 Å². The number of carbonyl (C=O) groups excluding carboxylic acids is 1. The van der Waals surface area contributed by atoms with Crippen LogP contribution in [0, 0.1) is 11.3 Å². The van der Waals surface area contributed by atoms with E-state index in [9.17, 15) is 4.79 Å². The normalized spacial score (nSPS) is 18.7. The lowest BCUT2D eigenvalue weighted by Crippen LogP contribution is -2.48. The number of hydrogen-bond acceptors (Lipinski definition) is 3. The van der Waals surface area contributed by atoms with Crippen molar-refractivity contribution in [3.8, 4) is 6.07 Å². The van der Waals surface area contributed by atoms with Crippen LogP contribution in [0.1, 0.15) is 18.4 Å². The maximum atomic E-state index is 12.2. The van der Waals surface area contributed by atoms with Crippen LogP contribution in [0.15, 0.2) is 24.3 Å². The number of nitrogens with zero attached hydrogens (tertiary/aromatic N) is 3. The minimum atomic E-state index is -0.0911. The smallest absolute Gasteiger partial charge is 0.321 e. The first-order valence-electron chi connectivity index (χ1n) is 6.82. The van der Waals surface area contributed by atoms with Crippen molar-refractivity contribution in [3.05, 3.63) is 29.8 Å². The molecular formula is C15H20N4O. The summed E-state index contributed by atoms with van der Waals surface area (Å²) >= 11 is 0. The molecule has 5 heteroatoms. The van der Waals surface area contributed by atoms with Gasteiger partial charge in [-0.1, -0.05) is 6.07 Å². The highest BCUT2D eigenvalue weighted by atomic mass is 16.2.